The van der Waals surface area contributed by atoms with Crippen LogP contribution in [0.1, 0.15) is 26.0 Å². The first kappa shape index (κ1) is 16.0. The Hall–Kier alpha value is -2.05. The molecule has 7 heteroatoms. The molecule has 0 saturated carbocycles. The smallest absolute Gasteiger partial charge is 0.221 e. The summed E-state index contributed by atoms with van der Waals surface area (Å²) < 4.78 is 1.80. The number of nitrogens with one attached hydrogen (secondary N) is 3. The fourth-order valence-electron chi connectivity index (χ4n) is 1.66. The zero-order chi connectivity index (χ0) is 15.0. The van der Waals surface area contributed by atoms with Crippen molar-refractivity contribution >= 4 is 11.9 Å². The maximum absolute atomic E-state index is 11.5. The van der Waals surface area contributed by atoms with Gasteiger partial charge in [-0.25, -0.2) is 0 Å². The Balaban J connectivity index is 2.27. The Morgan fingerprint density at radius 3 is 2.75 bits per heavy atom. The van der Waals surface area contributed by atoms with E-state index in [9.17, 15) is 4.79 Å². The predicted molar refractivity (Wildman–Crippen MR) is 79.3 cm³/mol. The van der Waals surface area contributed by atoms with E-state index in [1.807, 2.05) is 27.0 Å². The zero-order valence-electron chi connectivity index (χ0n) is 12.6. The van der Waals surface area contributed by atoms with Gasteiger partial charge in [-0.15, -0.1) is 0 Å². The van der Waals surface area contributed by atoms with E-state index in [2.05, 4.69) is 26.0 Å². The fourth-order valence-corrected chi connectivity index (χ4v) is 1.66. The van der Waals surface area contributed by atoms with E-state index in [1.54, 1.807) is 17.9 Å². The number of carbonyl (C=O) groups excluding carboxylic acids is 1. The van der Waals surface area contributed by atoms with E-state index in [0.29, 0.717) is 25.5 Å². The molecule has 0 aliphatic carbocycles. The average Bonchev–Trinajstić information content (AvgIpc) is 2.78. The van der Waals surface area contributed by atoms with Gasteiger partial charge in [-0.2, -0.15) is 5.10 Å². The van der Waals surface area contributed by atoms with Gasteiger partial charge in [-0.3, -0.25) is 14.5 Å². The molecule has 0 aromatic carbocycles. The predicted octanol–water partition coefficient (Wildman–Crippen LogP) is -0.000200. The van der Waals surface area contributed by atoms with E-state index >= 15 is 0 Å². The van der Waals surface area contributed by atoms with E-state index < -0.39 is 0 Å². The number of aryl methyl sites for hydroxylation is 1. The van der Waals surface area contributed by atoms with Gasteiger partial charge in [0.15, 0.2) is 5.96 Å². The summed E-state index contributed by atoms with van der Waals surface area (Å²) in [6.07, 6.45) is 2.17. The molecule has 7 nitrogen and oxygen atoms in total. The summed E-state index contributed by atoms with van der Waals surface area (Å²) in [5.74, 6) is 0.707. The van der Waals surface area contributed by atoms with Crippen molar-refractivity contribution in [2.45, 2.75) is 32.9 Å². The van der Waals surface area contributed by atoms with E-state index in [1.165, 1.54) is 0 Å². The fraction of sp³-hybridized carbons (Fsp3) is 0.615. The van der Waals surface area contributed by atoms with Crippen molar-refractivity contribution < 1.29 is 4.79 Å². The van der Waals surface area contributed by atoms with Crippen LogP contribution in [0, 0.1) is 0 Å². The van der Waals surface area contributed by atoms with Gasteiger partial charge in [0.25, 0.3) is 0 Å². The van der Waals surface area contributed by atoms with E-state index in [4.69, 9.17) is 0 Å². The molecule has 20 heavy (non-hydrogen) atoms. The SMILES string of the molecule is CN=C(NCCC(=O)NC(C)C)NCc1ccnn1C. The summed E-state index contributed by atoms with van der Waals surface area (Å²) in [6, 6.07) is 2.11. The number of hydrogen-bond donors (Lipinski definition) is 3. The molecule has 0 unspecified atom stereocenters. The number of hydrogen-bond acceptors (Lipinski definition) is 3. The van der Waals surface area contributed by atoms with Gasteiger partial charge < -0.3 is 16.0 Å². The molecule has 3 N–H and O–H groups in total. The minimum absolute atomic E-state index is 0.0367. The molecule has 1 aromatic rings. The summed E-state index contributed by atoms with van der Waals surface area (Å²) in [7, 11) is 3.59. The number of amides is 1. The summed E-state index contributed by atoms with van der Waals surface area (Å²) in [6.45, 7) is 5.07. The third-order valence-electron chi connectivity index (χ3n) is 2.68. The second-order valence-electron chi connectivity index (χ2n) is 4.77. The van der Waals surface area contributed by atoms with Crippen LogP contribution in [0.5, 0.6) is 0 Å². The lowest BCUT2D eigenvalue weighted by atomic mass is 10.3. The number of rotatable bonds is 6. The number of carbonyl (C=O) groups is 1. The Morgan fingerprint density at radius 2 is 2.20 bits per heavy atom. The Bertz CT molecular complexity index is 451. The number of aromatic nitrogens is 2. The number of guanidine groups is 1. The molecule has 0 bridgehead atoms. The van der Waals surface area contributed by atoms with Gasteiger partial charge in [0, 0.05) is 39.3 Å². The molecule has 0 atom stereocenters. The lowest BCUT2D eigenvalue weighted by molar-refractivity contribution is -0.121. The van der Waals surface area contributed by atoms with Gasteiger partial charge in [-0.1, -0.05) is 0 Å². The van der Waals surface area contributed by atoms with E-state index in [-0.39, 0.29) is 11.9 Å². The van der Waals surface area contributed by atoms with Crippen molar-refractivity contribution in [3.05, 3.63) is 18.0 Å². The molecular formula is C13H24N6O. The second kappa shape index (κ2) is 8.19. The van der Waals surface area contributed by atoms with Crippen LogP contribution in [0.3, 0.4) is 0 Å². The van der Waals surface area contributed by atoms with Gasteiger partial charge in [0.05, 0.1) is 12.2 Å². The van der Waals surface area contributed by atoms with Crippen LogP contribution in [-0.2, 0) is 18.4 Å². The van der Waals surface area contributed by atoms with Crippen molar-refractivity contribution in [2.24, 2.45) is 12.0 Å². The molecule has 0 spiro atoms. The molecule has 0 saturated heterocycles. The molecule has 112 valence electrons. The molecule has 1 amide bonds. The van der Waals surface area contributed by atoms with Crippen molar-refractivity contribution in [2.75, 3.05) is 13.6 Å². The van der Waals surface area contributed by atoms with Crippen LogP contribution in [0.2, 0.25) is 0 Å². The van der Waals surface area contributed by atoms with Crippen LogP contribution in [0.15, 0.2) is 17.3 Å². The van der Waals surface area contributed by atoms with Gasteiger partial charge in [0.1, 0.15) is 0 Å². The first-order chi connectivity index (χ1) is 9.52. The van der Waals surface area contributed by atoms with Crippen LogP contribution in [0.25, 0.3) is 0 Å². The molecule has 1 heterocycles. The third kappa shape index (κ3) is 5.73. The standard InChI is InChI=1S/C13H24N6O/c1-10(2)18-12(20)6-7-15-13(14-3)16-9-11-5-8-17-19(11)4/h5,8,10H,6-7,9H2,1-4H3,(H,18,20)(H2,14,15,16). The van der Waals surface area contributed by atoms with Crippen LogP contribution in [-0.4, -0.2) is 41.3 Å². The Kier molecular flexibility index (Phi) is 6.55. The first-order valence-electron chi connectivity index (χ1n) is 6.73. The highest BCUT2D eigenvalue weighted by Crippen LogP contribution is 1.94. The summed E-state index contributed by atoms with van der Waals surface area (Å²) >= 11 is 0. The lowest BCUT2D eigenvalue weighted by Gasteiger charge is -2.12. The van der Waals surface area contributed by atoms with Crippen molar-refractivity contribution in [3.63, 3.8) is 0 Å². The highest BCUT2D eigenvalue weighted by Gasteiger charge is 2.04. The first-order valence-corrected chi connectivity index (χ1v) is 6.73. The topological polar surface area (TPSA) is 83.3 Å². The van der Waals surface area contributed by atoms with Gasteiger partial charge >= 0.3 is 0 Å². The minimum Gasteiger partial charge on any atom is -0.356 e. The summed E-state index contributed by atoms with van der Waals surface area (Å²) in [5.41, 5.74) is 1.06. The average molecular weight is 280 g/mol. The molecule has 0 aliphatic rings. The quantitative estimate of drug-likeness (QED) is 0.506. The van der Waals surface area contributed by atoms with E-state index in [0.717, 1.165) is 5.69 Å². The number of aliphatic imine (C=N–C) groups is 1. The van der Waals surface area contributed by atoms with Crippen molar-refractivity contribution in [3.8, 4) is 0 Å². The molecule has 0 radical (unpaired) electrons. The Labute approximate surface area is 119 Å². The molecule has 1 aromatic heterocycles. The highest BCUT2D eigenvalue weighted by molar-refractivity contribution is 5.81. The molecule has 1 rings (SSSR count). The monoisotopic (exact) mass is 280 g/mol. The van der Waals surface area contributed by atoms with Crippen molar-refractivity contribution in [1.29, 1.82) is 0 Å². The number of nitrogens with zero attached hydrogens (tertiary/aromatic N) is 3. The van der Waals surface area contributed by atoms with Crippen LogP contribution in [0.4, 0.5) is 0 Å². The maximum Gasteiger partial charge on any atom is 0.221 e. The largest absolute Gasteiger partial charge is 0.356 e. The normalized spacial score (nSPS) is 11.6. The summed E-state index contributed by atoms with van der Waals surface area (Å²) in [4.78, 5) is 15.6. The highest BCUT2D eigenvalue weighted by atomic mass is 16.1. The third-order valence-corrected chi connectivity index (χ3v) is 2.68. The minimum atomic E-state index is 0.0367. The van der Waals surface area contributed by atoms with Gasteiger partial charge in [0.2, 0.25) is 5.91 Å². The van der Waals surface area contributed by atoms with Gasteiger partial charge in [-0.05, 0) is 19.9 Å². The second-order valence-corrected chi connectivity index (χ2v) is 4.77. The maximum atomic E-state index is 11.5. The van der Waals surface area contributed by atoms with Crippen LogP contribution < -0.4 is 16.0 Å². The van der Waals surface area contributed by atoms with Crippen molar-refractivity contribution in [1.82, 2.24) is 25.7 Å². The zero-order valence-corrected chi connectivity index (χ0v) is 12.6. The molecular weight excluding hydrogens is 256 g/mol. The molecule has 0 aliphatic heterocycles. The van der Waals surface area contributed by atoms with Crippen LogP contribution >= 0.6 is 0 Å². The Morgan fingerprint density at radius 1 is 1.45 bits per heavy atom. The molecule has 0 fully saturated rings. The summed E-state index contributed by atoms with van der Waals surface area (Å²) in [5, 5.41) is 13.2. The lowest BCUT2D eigenvalue weighted by Crippen LogP contribution is -2.40.